The molecule has 6 heteroatoms. The number of anilines is 2. The van der Waals surface area contributed by atoms with E-state index in [0.29, 0.717) is 5.82 Å². The fraction of sp³-hybridized carbons (Fsp3) is 0.455. The van der Waals surface area contributed by atoms with Crippen LogP contribution in [0, 0.1) is 0 Å². The molecule has 0 amide bonds. The Morgan fingerprint density at radius 3 is 3.06 bits per heavy atom. The van der Waals surface area contributed by atoms with Gasteiger partial charge in [-0.3, -0.25) is 0 Å². The summed E-state index contributed by atoms with van der Waals surface area (Å²) >= 11 is 0. The smallest absolute Gasteiger partial charge is 0.337 e. The maximum absolute atomic E-state index is 11.0. The van der Waals surface area contributed by atoms with Crippen LogP contribution in [0.3, 0.4) is 0 Å². The minimum atomic E-state index is -1.03. The third kappa shape index (κ3) is 2.31. The number of hydrogen-bond donors (Lipinski definition) is 2. The number of rotatable bonds is 3. The molecule has 1 aromatic rings. The fourth-order valence-electron chi connectivity index (χ4n) is 1.94. The number of methoxy groups -OCH3 is 1. The van der Waals surface area contributed by atoms with Gasteiger partial charge in [0, 0.05) is 20.2 Å². The number of carbonyl (C=O) groups is 1. The zero-order valence-electron chi connectivity index (χ0n) is 9.59. The molecule has 2 heterocycles. The second kappa shape index (κ2) is 4.58. The largest absolute Gasteiger partial charge is 0.478 e. The highest BCUT2D eigenvalue weighted by molar-refractivity contribution is 5.94. The Morgan fingerprint density at radius 2 is 2.47 bits per heavy atom. The van der Waals surface area contributed by atoms with E-state index in [1.165, 1.54) is 12.3 Å². The molecule has 1 saturated heterocycles. The Labute approximate surface area is 99.0 Å². The lowest BCUT2D eigenvalue weighted by atomic mass is 10.2. The number of nitrogens with two attached hydrogens (primary N) is 1. The number of aromatic nitrogens is 1. The SMILES string of the molecule is COC1CCN(c2cc(C(=O)O)c(N)cn2)C1. The molecule has 1 unspecified atom stereocenters. The molecule has 92 valence electrons. The Hall–Kier alpha value is -1.82. The van der Waals surface area contributed by atoms with Crippen LogP contribution in [0.4, 0.5) is 11.5 Å². The zero-order chi connectivity index (χ0) is 12.4. The van der Waals surface area contributed by atoms with Gasteiger partial charge in [0.05, 0.1) is 23.6 Å². The van der Waals surface area contributed by atoms with Crippen molar-refractivity contribution in [3.63, 3.8) is 0 Å². The van der Waals surface area contributed by atoms with Crippen molar-refractivity contribution in [2.45, 2.75) is 12.5 Å². The van der Waals surface area contributed by atoms with Gasteiger partial charge in [0.1, 0.15) is 5.82 Å². The minimum Gasteiger partial charge on any atom is -0.478 e. The Balaban J connectivity index is 2.22. The van der Waals surface area contributed by atoms with Crippen LogP contribution in [0.5, 0.6) is 0 Å². The van der Waals surface area contributed by atoms with Crippen LogP contribution >= 0.6 is 0 Å². The van der Waals surface area contributed by atoms with Crippen molar-refractivity contribution in [2.75, 3.05) is 30.8 Å². The lowest BCUT2D eigenvalue weighted by Crippen LogP contribution is -2.23. The van der Waals surface area contributed by atoms with E-state index < -0.39 is 5.97 Å². The van der Waals surface area contributed by atoms with E-state index in [9.17, 15) is 4.79 Å². The Kier molecular flexibility index (Phi) is 3.14. The number of pyridine rings is 1. The molecular weight excluding hydrogens is 222 g/mol. The highest BCUT2D eigenvalue weighted by Gasteiger charge is 2.24. The van der Waals surface area contributed by atoms with E-state index >= 15 is 0 Å². The molecule has 2 rings (SSSR count). The molecule has 0 spiro atoms. The van der Waals surface area contributed by atoms with Gasteiger partial charge in [-0.15, -0.1) is 0 Å². The summed E-state index contributed by atoms with van der Waals surface area (Å²) in [5.74, 6) is -0.398. The van der Waals surface area contributed by atoms with Gasteiger partial charge in [0.2, 0.25) is 0 Å². The number of carboxylic acids is 1. The summed E-state index contributed by atoms with van der Waals surface area (Å²) < 4.78 is 5.25. The minimum absolute atomic E-state index is 0.0934. The van der Waals surface area contributed by atoms with Crippen LogP contribution in [-0.4, -0.2) is 42.4 Å². The molecule has 1 aliphatic heterocycles. The van der Waals surface area contributed by atoms with E-state index in [4.69, 9.17) is 15.6 Å². The van der Waals surface area contributed by atoms with Gasteiger partial charge >= 0.3 is 5.97 Å². The third-order valence-electron chi connectivity index (χ3n) is 2.95. The maximum Gasteiger partial charge on any atom is 0.337 e. The second-order valence-corrected chi connectivity index (χ2v) is 4.03. The number of ether oxygens (including phenoxy) is 1. The average Bonchev–Trinajstić information content (AvgIpc) is 2.78. The zero-order valence-corrected chi connectivity index (χ0v) is 9.59. The third-order valence-corrected chi connectivity index (χ3v) is 2.95. The summed E-state index contributed by atoms with van der Waals surface area (Å²) in [6, 6.07) is 1.51. The van der Waals surface area contributed by atoms with E-state index in [1.54, 1.807) is 7.11 Å². The molecule has 1 fully saturated rings. The Bertz CT molecular complexity index is 436. The van der Waals surface area contributed by atoms with Crippen molar-refractivity contribution in [1.29, 1.82) is 0 Å². The number of aromatic carboxylic acids is 1. The van der Waals surface area contributed by atoms with Gasteiger partial charge in [-0.2, -0.15) is 0 Å². The quantitative estimate of drug-likeness (QED) is 0.799. The Morgan fingerprint density at radius 1 is 1.71 bits per heavy atom. The van der Waals surface area contributed by atoms with Gasteiger partial charge in [0.25, 0.3) is 0 Å². The molecular formula is C11H15N3O3. The second-order valence-electron chi connectivity index (χ2n) is 4.03. The van der Waals surface area contributed by atoms with E-state index in [1.807, 2.05) is 4.90 Å². The van der Waals surface area contributed by atoms with Crippen LogP contribution < -0.4 is 10.6 Å². The first-order chi connectivity index (χ1) is 8.11. The highest BCUT2D eigenvalue weighted by Crippen LogP contribution is 2.22. The van der Waals surface area contributed by atoms with Gasteiger partial charge in [-0.1, -0.05) is 0 Å². The fourth-order valence-corrected chi connectivity index (χ4v) is 1.94. The van der Waals surface area contributed by atoms with Gasteiger partial charge in [-0.05, 0) is 12.5 Å². The van der Waals surface area contributed by atoms with Crippen LogP contribution in [0.1, 0.15) is 16.8 Å². The first kappa shape index (κ1) is 11.7. The summed E-state index contributed by atoms with van der Waals surface area (Å²) in [7, 11) is 1.67. The highest BCUT2D eigenvalue weighted by atomic mass is 16.5. The maximum atomic E-state index is 11.0. The van der Waals surface area contributed by atoms with Crippen LogP contribution in [0.2, 0.25) is 0 Å². The molecule has 0 radical (unpaired) electrons. The summed E-state index contributed by atoms with van der Waals surface area (Å²) in [5, 5.41) is 8.98. The first-order valence-corrected chi connectivity index (χ1v) is 5.38. The van der Waals surface area contributed by atoms with Crippen LogP contribution in [-0.2, 0) is 4.74 Å². The molecule has 1 atom stereocenters. The predicted octanol–water partition coefficient (Wildman–Crippen LogP) is 0.587. The van der Waals surface area contributed by atoms with Gasteiger partial charge < -0.3 is 20.5 Å². The molecule has 17 heavy (non-hydrogen) atoms. The molecule has 0 aromatic carbocycles. The number of nitrogens with zero attached hydrogens (tertiary/aromatic N) is 2. The van der Waals surface area contributed by atoms with Crippen LogP contribution in [0.15, 0.2) is 12.3 Å². The lowest BCUT2D eigenvalue weighted by Gasteiger charge is -2.17. The van der Waals surface area contributed by atoms with Crippen molar-refractivity contribution in [2.24, 2.45) is 0 Å². The molecule has 1 aromatic heterocycles. The average molecular weight is 237 g/mol. The molecule has 0 bridgehead atoms. The molecule has 0 saturated carbocycles. The van der Waals surface area contributed by atoms with Crippen molar-refractivity contribution in [1.82, 2.24) is 4.98 Å². The van der Waals surface area contributed by atoms with Crippen molar-refractivity contribution >= 4 is 17.5 Å². The first-order valence-electron chi connectivity index (χ1n) is 5.38. The molecule has 6 nitrogen and oxygen atoms in total. The molecule has 0 aliphatic carbocycles. The lowest BCUT2D eigenvalue weighted by molar-refractivity contribution is 0.0698. The number of nitrogen functional groups attached to an aromatic ring is 1. The van der Waals surface area contributed by atoms with Gasteiger partial charge in [-0.25, -0.2) is 9.78 Å². The monoisotopic (exact) mass is 237 g/mol. The number of hydrogen-bond acceptors (Lipinski definition) is 5. The summed E-state index contributed by atoms with van der Waals surface area (Å²) in [5.41, 5.74) is 5.83. The van der Waals surface area contributed by atoms with Crippen molar-refractivity contribution in [3.8, 4) is 0 Å². The van der Waals surface area contributed by atoms with E-state index in [0.717, 1.165) is 19.5 Å². The summed E-state index contributed by atoms with van der Waals surface area (Å²) in [6.07, 6.45) is 2.49. The van der Waals surface area contributed by atoms with Crippen molar-refractivity contribution < 1.29 is 14.6 Å². The van der Waals surface area contributed by atoms with Gasteiger partial charge in [0.15, 0.2) is 0 Å². The topological polar surface area (TPSA) is 88.7 Å². The summed E-state index contributed by atoms with van der Waals surface area (Å²) in [4.78, 5) is 17.1. The van der Waals surface area contributed by atoms with E-state index in [2.05, 4.69) is 4.98 Å². The van der Waals surface area contributed by atoms with Crippen LogP contribution in [0.25, 0.3) is 0 Å². The molecule has 1 aliphatic rings. The number of carboxylic acid groups (broad SMARTS) is 1. The standard InChI is InChI=1S/C11H15N3O3/c1-17-7-2-3-14(6-7)10-4-8(11(15)16)9(12)5-13-10/h4-5,7H,2-3,6,12H2,1H3,(H,15,16). The summed E-state index contributed by atoms with van der Waals surface area (Å²) in [6.45, 7) is 1.54. The predicted molar refractivity (Wildman–Crippen MR) is 63.2 cm³/mol. The van der Waals surface area contributed by atoms with Crippen molar-refractivity contribution in [3.05, 3.63) is 17.8 Å². The normalized spacial score (nSPS) is 19.6. The van der Waals surface area contributed by atoms with E-state index in [-0.39, 0.29) is 17.4 Å². The molecule has 3 N–H and O–H groups in total.